The highest BCUT2D eigenvalue weighted by molar-refractivity contribution is 6.13. The van der Waals surface area contributed by atoms with E-state index in [1.807, 2.05) is 30.6 Å². The zero-order valence-corrected chi connectivity index (χ0v) is 43.8. The van der Waals surface area contributed by atoms with Gasteiger partial charge in [-0.05, 0) is 41.5 Å². The number of nitrogens with one attached hydrogen (secondary N) is 4. The number of ether oxygens (including phenoxy) is 8. The van der Waals surface area contributed by atoms with E-state index in [-0.39, 0.29) is 82.5 Å². The lowest BCUT2D eigenvalue weighted by Crippen LogP contribution is -2.35. The molecule has 0 radical (unpaired) electrons. The molecule has 0 saturated carbocycles. The molecule has 21 heteroatoms. The van der Waals surface area contributed by atoms with E-state index in [9.17, 15) is 28.8 Å². The number of rotatable bonds is 27. The smallest absolute Gasteiger partial charge is 0.260 e. The monoisotopic (exact) mass is 1070 g/mol. The number of allylic oxidation sites excluding steroid dienone is 2. The lowest BCUT2D eigenvalue weighted by molar-refractivity contribution is -0.137. The zero-order valence-electron chi connectivity index (χ0n) is 43.8. The molecule has 0 aliphatic carbocycles. The van der Waals surface area contributed by atoms with Crippen LogP contribution in [0.3, 0.4) is 0 Å². The minimum atomic E-state index is -0.420. The van der Waals surface area contributed by atoms with Gasteiger partial charge in [0, 0.05) is 106 Å². The molecule has 6 amide bonds. The second-order valence-electron chi connectivity index (χ2n) is 18.4. The van der Waals surface area contributed by atoms with Crippen molar-refractivity contribution in [2.24, 2.45) is 0 Å². The van der Waals surface area contributed by atoms with Gasteiger partial charge in [0.2, 0.25) is 11.8 Å². The summed E-state index contributed by atoms with van der Waals surface area (Å²) in [6.07, 6.45) is 7.35. The molecular weight excluding hydrogens is 1010 g/mol. The van der Waals surface area contributed by atoms with E-state index in [4.69, 9.17) is 37.9 Å². The number of nitrogens with zero attached hydrogens (tertiary/aromatic N) is 3. The normalized spacial score (nSPS) is 15.2. The van der Waals surface area contributed by atoms with Crippen LogP contribution in [-0.2, 0) is 51.3 Å². The Balaban J connectivity index is 0.788. The highest BCUT2D eigenvalue weighted by Crippen LogP contribution is 2.40. The van der Waals surface area contributed by atoms with Gasteiger partial charge >= 0.3 is 0 Å². The summed E-state index contributed by atoms with van der Waals surface area (Å²) < 4.78 is 46.2. The number of carbonyl (C=O) groups excluding carboxylic acids is 6. The van der Waals surface area contributed by atoms with Crippen LogP contribution in [0.25, 0.3) is 0 Å². The van der Waals surface area contributed by atoms with Gasteiger partial charge in [-0.1, -0.05) is 36.1 Å². The Bertz CT molecular complexity index is 2840. The minimum absolute atomic E-state index is 0.0184. The third-order valence-electron chi connectivity index (χ3n) is 12.7. The maximum atomic E-state index is 13.6. The fourth-order valence-corrected chi connectivity index (χ4v) is 8.84. The molecule has 8 rings (SSSR count). The summed E-state index contributed by atoms with van der Waals surface area (Å²) in [5.74, 6) is 6.13. The third-order valence-corrected chi connectivity index (χ3v) is 12.7. The van der Waals surface area contributed by atoms with Gasteiger partial charge in [0.15, 0.2) is 23.0 Å². The van der Waals surface area contributed by atoms with Crippen molar-refractivity contribution in [1.82, 2.24) is 25.3 Å². The molecule has 5 aliphatic rings. The third kappa shape index (κ3) is 14.7. The molecule has 410 valence electrons. The molecule has 3 aromatic rings. The lowest BCUT2D eigenvalue weighted by atomic mass is 10.1. The number of imide groups is 1. The lowest BCUT2D eigenvalue weighted by Gasteiger charge is -2.18. The highest BCUT2D eigenvalue weighted by atomic mass is 16.6. The van der Waals surface area contributed by atoms with Crippen molar-refractivity contribution in [3.05, 3.63) is 131 Å². The van der Waals surface area contributed by atoms with Crippen LogP contribution >= 0.6 is 0 Å². The van der Waals surface area contributed by atoms with Crippen LogP contribution in [0.5, 0.6) is 23.0 Å². The number of methoxy groups -OCH3 is 2. The maximum Gasteiger partial charge on any atom is 0.260 e. The molecule has 21 nitrogen and oxygen atoms in total. The van der Waals surface area contributed by atoms with E-state index >= 15 is 0 Å². The van der Waals surface area contributed by atoms with Crippen LogP contribution in [0.4, 0.5) is 11.4 Å². The number of benzene rings is 3. The van der Waals surface area contributed by atoms with Crippen LogP contribution in [0.15, 0.2) is 103 Å². The van der Waals surface area contributed by atoms with Gasteiger partial charge < -0.3 is 69.0 Å². The predicted octanol–water partition coefficient (Wildman–Crippen LogP) is 4.56. The van der Waals surface area contributed by atoms with Crippen LogP contribution in [0.2, 0.25) is 0 Å². The van der Waals surface area contributed by atoms with Crippen molar-refractivity contribution in [3.63, 3.8) is 0 Å². The van der Waals surface area contributed by atoms with Crippen LogP contribution < -0.4 is 40.2 Å². The summed E-state index contributed by atoms with van der Waals surface area (Å²) in [4.78, 5) is 79.3. The van der Waals surface area contributed by atoms with Gasteiger partial charge in [-0.15, -0.1) is 0 Å². The van der Waals surface area contributed by atoms with Gasteiger partial charge in [-0.2, -0.15) is 0 Å². The molecule has 2 saturated heterocycles. The summed E-state index contributed by atoms with van der Waals surface area (Å²) >= 11 is 0. The molecule has 78 heavy (non-hydrogen) atoms. The Morgan fingerprint density at radius 2 is 1.09 bits per heavy atom. The van der Waals surface area contributed by atoms with Gasteiger partial charge in [0.05, 0.1) is 96.1 Å². The van der Waals surface area contributed by atoms with Crippen molar-refractivity contribution in [2.45, 2.75) is 38.9 Å². The van der Waals surface area contributed by atoms with Crippen molar-refractivity contribution in [3.8, 4) is 34.8 Å². The first-order valence-corrected chi connectivity index (χ1v) is 25.4. The average molecular weight is 1070 g/mol. The number of hydrogen-bond acceptors (Lipinski definition) is 16. The van der Waals surface area contributed by atoms with Gasteiger partial charge in [-0.25, -0.2) is 0 Å². The number of carbonyl (C=O) groups is 6. The summed E-state index contributed by atoms with van der Waals surface area (Å²) in [7, 11) is 3.04. The number of fused-ring (bicyclic) bond motifs is 4. The quantitative estimate of drug-likeness (QED) is 0.0355. The molecule has 0 unspecified atom stereocenters. The molecule has 0 aromatic heterocycles. The zero-order chi connectivity index (χ0) is 55.0. The van der Waals surface area contributed by atoms with E-state index in [1.165, 1.54) is 26.4 Å². The summed E-state index contributed by atoms with van der Waals surface area (Å²) in [6, 6.07) is 12.5. The van der Waals surface area contributed by atoms with E-state index in [0.717, 1.165) is 38.6 Å². The van der Waals surface area contributed by atoms with E-state index in [1.54, 1.807) is 34.1 Å². The molecule has 0 bridgehead atoms. The van der Waals surface area contributed by atoms with Crippen molar-refractivity contribution >= 4 is 46.8 Å². The minimum Gasteiger partial charge on any atom is -0.493 e. The molecule has 0 atom stereocenters. The first-order valence-electron chi connectivity index (χ1n) is 25.4. The Morgan fingerprint density at radius 3 is 1.60 bits per heavy atom. The molecule has 2 fully saturated rings. The first-order chi connectivity index (χ1) is 37.9. The molecule has 5 aliphatic heterocycles. The van der Waals surface area contributed by atoms with Crippen LogP contribution in [-0.4, -0.2) is 150 Å². The van der Waals surface area contributed by atoms with E-state index in [2.05, 4.69) is 46.3 Å². The van der Waals surface area contributed by atoms with Gasteiger partial charge in [-0.3, -0.25) is 33.7 Å². The SMILES string of the molecule is C=C1CC2=CNc3cc(OCc4cc(C#CCNC(=O)CCOCCOCCOCCOCCNC(=O)CCN5C(=O)C=CC5=O)cc(COc5cc6c(cc5OC)C(=O)N5CC(=C)CC5=CN6)c4)c(OC)cc3C(=O)N2C1. The Labute approximate surface area is 452 Å². The van der Waals surface area contributed by atoms with Gasteiger partial charge in [0.1, 0.15) is 13.2 Å². The first kappa shape index (κ1) is 55.8. The van der Waals surface area contributed by atoms with E-state index < -0.39 is 11.8 Å². The molecule has 3 aromatic carbocycles. The Kier molecular flexibility index (Phi) is 19.4. The average Bonchev–Trinajstić information content (AvgIpc) is 4.09. The Morgan fingerprint density at radius 1 is 0.603 bits per heavy atom. The van der Waals surface area contributed by atoms with Crippen LogP contribution in [0, 0.1) is 11.8 Å². The highest BCUT2D eigenvalue weighted by Gasteiger charge is 2.33. The predicted molar refractivity (Wildman–Crippen MR) is 285 cm³/mol. The maximum absolute atomic E-state index is 13.6. The molecular formula is C57H63N7O14. The summed E-state index contributed by atoms with van der Waals surface area (Å²) in [5, 5.41) is 12.0. The molecule has 5 heterocycles. The van der Waals surface area contributed by atoms with E-state index in [0.29, 0.717) is 117 Å². The Hall–Kier alpha value is -8.42. The van der Waals surface area contributed by atoms with Crippen molar-refractivity contribution in [1.29, 1.82) is 0 Å². The summed E-state index contributed by atoms with van der Waals surface area (Å²) in [5.41, 5.74) is 7.78. The molecule has 0 spiro atoms. The number of amides is 6. The standard InChI is InChI=1S/C57H63N7O14/c1-37-22-42-31-60-46-29-50(48(71-3)27-44(46)56(69)63(42)33-37)77-35-40-24-39(25-41(26-40)36-78-51-30-47-45(28-49(51)72-4)57(70)64-34-38(2)23-43(64)32-61-47)6-5-11-58-53(66)10-14-73-16-18-75-20-21-76-19-17-74-15-12-59-52(65)9-13-62-54(67)7-8-55(62)68/h7-8,24-32,60-61H,1-2,9-23,33-36H2,3-4H3,(H,58,66)(H,59,65). The van der Waals surface area contributed by atoms with Crippen molar-refractivity contribution < 1.29 is 66.7 Å². The van der Waals surface area contributed by atoms with Gasteiger partial charge in [0.25, 0.3) is 23.6 Å². The number of hydrogen-bond donors (Lipinski definition) is 4. The largest absolute Gasteiger partial charge is 0.493 e. The van der Waals surface area contributed by atoms with Crippen molar-refractivity contribution in [2.75, 3.05) is 110 Å². The second-order valence-corrected chi connectivity index (χ2v) is 18.4. The summed E-state index contributed by atoms with van der Waals surface area (Å²) in [6.45, 7) is 12.1. The fraction of sp³-hybridized carbons (Fsp3) is 0.368. The van der Waals surface area contributed by atoms with Crippen LogP contribution in [0.1, 0.15) is 63.1 Å². The topological polar surface area (TPSA) is 234 Å². The second kappa shape index (κ2) is 27.1. The molecule has 4 N–H and O–H groups in total. The number of anilines is 2. The fourth-order valence-electron chi connectivity index (χ4n) is 8.84.